The Morgan fingerprint density at radius 1 is 1.23 bits per heavy atom. The lowest BCUT2D eigenvalue weighted by molar-refractivity contribution is -0.141. The van der Waals surface area contributed by atoms with Crippen LogP contribution in [0.4, 0.5) is 13.2 Å². The van der Waals surface area contributed by atoms with Crippen LogP contribution < -0.4 is 0 Å². The Kier molecular flexibility index (Phi) is 2.85. The second kappa shape index (κ2) is 3.57. The van der Waals surface area contributed by atoms with Gasteiger partial charge in [0.25, 0.3) is 0 Å². The van der Waals surface area contributed by atoms with Crippen molar-refractivity contribution in [3.05, 3.63) is 24.0 Å². The summed E-state index contributed by atoms with van der Waals surface area (Å²) in [5, 5.41) is 0. The van der Waals surface area contributed by atoms with E-state index >= 15 is 0 Å². The molecule has 0 radical (unpaired) electrons. The molecule has 0 bridgehead atoms. The molecule has 0 amide bonds. The third-order valence-electron chi connectivity index (χ3n) is 1.55. The second-order valence-corrected chi connectivity index (χ2v) is 5.10. The van der Waals surface area contributed by atoms with Crippen LogP contribution in [-0.2, 0) is 6.18 Å². The summed E-state index contributed by atoms with van der Waals surface area (Å²) in [7, 11) is -0.374. The molecule has 1 rings (SSSR count). The van der Waals surface area contributed by atoms with Crippen LogP contribution in [0, 0.1) is 0 Å². The lowest BCUT2D eigenvalue weighted by atomic mass is 10.3. The van der Waals surface area contributed by atoms with Crippen molar-refractivity contribution < 1.29 is 13.2 Å². The van der Waals surface area contributed by atoms with E-state index in [9.17, 15) is 13.2 Å². The number of hydrogen-bond acceptors (Lipinski definition) is 1. The molecule has 5 heteroatoms. The molecule has 1 heterocycles. The van der Waals surface area contributed by atoms with Crippen molar-refractivity contribution >= 4 is 10.9 Å². The Hall–Kier alpha value is -0.710. The summed E-state index contributed by atoms with van der Waals surface area (Å²) >= 11 is 0. The molecule has 1 nitrogen and oxygen atoms in total. The number of hydrogen-bond donors (Lipinski definition) is 1. The first kappa shape index (κ1) is 10.4. The Morgan fingerprint density at radius 2 is 1.85 bits per heavy atom. The van der Waals surface area contributed by atoms with Gasteiger partial charge >= 0.3 is 6.18 Å². The Bertz CT molecular complexity index is 278. The summed E-state index contributed by atoms with van der Waals surface area (Å²) in [6.07, 6.45) is 0.913. The molecule has 0 N–H and O–H groups in total. The third-order valence-corrected chi connectivity index (χ3v) is 2.85. The minimum Gasteiger partial charge on any atom is -0.251 e. The van der Waals surface area contributed by atoms with Crippen LogP contribution in [0.5, 0.6) is 0 Å². The lowest BCUT2D eigenvalue weighted by Gasteiger charge is -2.10. The Morgan fingerprint density at radius 3 is 2.15 bits per heavy atom. The topological polar surface area (TPSA) is 12.9 Å². The van der Waals surface area contributed by atoms with Gasteiger partial charge in [-0.3, -0.25) is 4.98 Å². The first-order chi connectivity index (χ1) is 5.91. The predicted molar refractivity (Wildman–Crippen MR) is 48.3 cm³/mol. The van der Waals surface area contributed by atoms with E-state index in [2.05, 4.69) is 4.98 Å². The molecule has 0 aromatic carbocycles. The number of halogens is 3. The highest BCUT2D eigenvalue weighted by molar-refractivity contribution is 8.15. The quantitative estimate of drug-likeness (QED) is 0.702. The van der Waals surface area contributed by atoms with Crippen molar-refractivity contribution in [2.24, 2.45) is 0 Å². The molecule has 0 spiro atoms. The summed E-state index contributed by atoms with van der Waals surface area (Å²) in [5.41, 5.74) is -0.826. The van der Waals surface area contributed by atoms with Crippen LogP contribution in [0.15, 0.2) is 23.2 Å². The summed E-state index contributed by atoms with van der Waals surface area (Å²) in [6.45, 7) is 0. The van der Waals surface area contributed by atoms with Gasteiger partial charge in [-0.1, -0.05) is 0 Å². The molecule has 13 heavy (non-hydrogen) atoms. The van der Waals surface area contributed by atoms with Gasteiger partial charge in [-0.15, -0.1) is 0 Å². The molecule has 0 saturated carbocycles. The monoisotopic (exact) mass is 209 g/mol. The van der Waals surface area contributed by atoms with E-state index in [0.29, 0.717) is 0 Å². The summed E-state index contributed by atoms with van der Waals surface area (Å²) in [5.74, 6) is 0. The molecule has 1 aromatic heterocycles. The van der Waals surface area contributed by atoms with E-state index in [1.165, 1.54) is 12.3 Å². The molecule has 0 aliphatic heterocycles. The van der Waals surface area contributed by atoms with Crippen molar-refractivity contribution in [3.8, 4) is 0 Å². The fourth-order valence-electron chi connectivity index (χ4n) is 0.818. The molecular formula is C8H10F3NS. The molecular weight excluding hydrogens is 199 g/mol. The number of aromatic nitrogens is 1. The molecule has 0 saturated heterocycles. The first-order valence-corrected chi connectivity index (χ1v) is 5.85. The van der Waals surface area contributed by atoms with Gasteiger partial charge in [0, 0.05) is 11.1 Å². The maximum Gasteiger partial charge on any atom is 0.433 e. The number of pyridine rings is 1. The zero-order chi connectivity index (χ0) is 10.1. The fourth-order valence-corrected chi connectivity index (χ4v) is 1.48. The Balaban J connectivity index is 2.94. The smallest absolute Gasteiger partial charge is 0.251 e. The second-order valence-electron chi connectivity index (χ2n) is 2.79. The van der Waals surface area contributed by atoms with E-state index < -0.39 is 11.9 Å². The van der Waals surface area contributed by atoms with Crippen LogP contribution in [0.3, 0.4) is 0 Å². The van der Waals surface area contributed by atoms with Gasteiger partial charge in [-0.05, 0) is 24.6 Å². The summed E-state index contributed by atoms with van der Waals surface area (Å²) < 4.78 is 36.2. The highest BCUT2D eigenvalue weighted by atomic mass is 32.2. The van der Waals surface area contributed by atoms with E-state index in [0.717, 1.165) is 11.0 Å². The van der Waals surface area contributed by atoms with Gasteiger partial charge in [0.2, 0.25) is 0 Å². The normalized spacial score (nSPS) is 12.8. The molecule has 0 aliphatic rings. The van der Waals surface area contributed by atoms with Crippen molar-refractivity contribution in [3.63, 3.8) is 0 Å². The van der Waals surface area contributed by atoms with Crippen LogP contribution in [0.1, 0.15) is 5.69 Å². The van der Waals surface area contributed by atoms with Gasteiger partial charge in [0.15, 0.2) is 0 Å². The van der Waals surface area contributed by atoms with Crippen LogP contribution in [0.2, 0.25) is 0 Å². The minimum absolute atomic E-state index is 0.374. The molecule has 0 fully saturated rings. The van der Waals surface area contributed by atoms with Gasteiger partial charge in [0.1, 0.15) is 5.69 Å². The zero-order valence-corrected chi connectivity index (χ0v) is 8.15. The maximum absolute atomic E-state index is 12.1. The molecule has 0 unspecified atom stereocenters. The number of rotatable bonds is 1. The fraction of sp³-hybridized carbons (Fsp3) is 0.375. The zero-order valence-electron chi connectivity index (χ0n) is 7.26. The number of alkyl halides is 3. The van der Waals surface area contributed by atoms with Crippen molar-refractivity contribution in [1.29, 1.82) is 0 Å². The van der Waals surface area contributed by atoms with E-state index in [-0.39, 0.29) is 10.9 Å². The predicted octanol–water partition coefficient (Wildman–Crippen LogP) is 2.72. The summed E-state index contributed by atoms with van der Waals surface area (Å²) in [4.78, 5) is 4.24. The molecule has 74 valence electrons. The van der Waals surface area contributed by atoms with Gasteiger partial charge < -0.3 is 0 Å². The van der Waals surface area contributed by atoms with Crippen molar-refractivity contribution in [1.82, 2.24) is 4.98 Å². The first-order valence-electron chi connectivity index (χ1n) is 3.62. The number of thiol groups is 1. The van der Waals surface area contributed by atoms with Crippen LogP contribution in [-0.4, -0.2) is 17.5 Å². The molecule has 0 aliphatic carbocycles. The average molecular weight is 209 g/mol. The van der Waals surface area contributed by atoms with Crippen LogP contribution in [0.25, 0.3) is 0 Å². The SMILES string of the molecule is C[SH](C)c1ccc(C(F)(F)F)nc1. The number of nitrogens with zero attached hydrogens (tertiary/aromatic N) is 1. The van der Waals surface area contributed by atoms with Gasteiger partial charge in [-0.25, -0.2) is 10.9 Å². The largest absolute Gasteiger partial charge is 0.433 e. The van der Waals surface area contributed by atoms with E-state index in [1.54, 1.807) is 0 Å². The Labute approximate surface area is 77.3 Å². The molecule has 0 atom stereocenters. The summed E-state index contributed by atoms with van der Waals surface area (Å²) in [6, 6.07) is 2.51. The standard InChI is InChI=1S/C8H10F3NS/c1-13(2)6-3-4-7(12-5-6)8(9,10)11/h3-5,13H,1-2H3. The molecule has 1 aromatic rings. The van der Waals surface area contributed by atoms with Gasteiger partial charge in [-0.2, -0.15) is 13.2 Å². The minimum atomic E-state index is -4.33. The van der Waals surface area contributed by atoms with Gasteiger partial charge in [0.05, 0.1) is 0 Å². The lowest BCUT2D eigenvalue weighted by Crippen LogP contribution is -2.07. The van der Waals surface area contributed by atoms with E-state index in [4.69, 9.17) is 0 Å². The van der Waals surface area contributed by atoms with Crippen LogP contribution >= 0.6 is 10.9 Å². The maximum atomic E-state index is 12.1. The third kappa shape index (κ3) is 2.62. The van der Waals surface area contributed by atoms with Crippen molar-refractivity contribution in [2.75, 3.05) is 12.5 Å². The highest BCUT2D eigenvalue weighted by Gasteiger charge is 2.31. The van der Waals surface area contributed by atoms with E-state index in [1.807, 2.05) is 12.5 Å². The average Bonchev–Trinajstić information content (AvgIpc) is 2.03. The van der Waals surface area contributed by atoms with Crippen molar-refractivity contribution in [2.45, 2.75) is 11.1 Å². The highest BCUT2D eigenvalue weighted by Crippen LogP contribution is 2.31.